The number of carbonyl (C=O) groups is 2. The number of pyridine rings is 1. The largest absolute Gasteiger partial charge is 0.416 e. The highest BCUT2D eigenvalue weighted by Crippen LogP contribution is 2.32. The summed E-state index contributed by atoms with van der Waals surface area (Å²) in [5.41, 5.74) is 4.52. The van der Waals surface area contributed by atoms with Crippen molar-refractivity contribution in [3.8, 4) is 11.1 Å². The van der Waals surface area contributed by atoms with E-state index < -0.39 is 11.7 Å². The highest BCUT2D eigenvalue weighted by molar-refractivity contribution is 6.08. The molecule has 1 aliphatic heterocycles. The Morgan fingerprint density at radius 2 is 1.66 bits per heavy atom. The molecule has 0 bridgehead atoms. The fourth-order valence-corrected chi connectivity index (χ4v) is 4.60. The minimum absolute atomic E-state index is 0.114. The second-order valence-corrected chi connectivity index (χ2v) is 9.20. The number of fused-ring (bicyclic) bond motifs is 1. The van der Waals surface area contributed by atoms with Crippen molar-refractivity contribution in [3.63, 3.8) is 0 Å². The maximum Gasteiger partial charge on any atom is 0.416 e. The molecule has 192 valence electrons. The lowest BCUT2D eigenvalue weighted by molar-refractivity contribution is -0.137. The summed E-state index contributed by atoms with van der Waals surface area (Å²) in [4.78, 5) is 32.2. The number of nitrogens with zero attached hydrogens (tertiary/aromatic N) is 2. The van der Waals surface area contributed by atoms with E-state index in [1.54, 1.807) is 41.3 Å². The molecule has 0 saturated heterocycles. The highest BCUT2D eigenvalue weighted by atomic mass is 19.4. The van der Waals surface area contributed by atoms with Crippen LogP contribution in [0.2, 0.25) is 0 Å². The molecule has 0 radical (unpaired) electrons. The number of amides is 2. The predicted octanol–water partition coefficient (Wildman–Crippen LogP) is 6.53. The molecule has 1 aromatic heterocycles. The van der Waals surface area contributed by atoms with Crippen molar-refractivity contribution in [1.82, 2.24) is 9.88 Å². The maximum atomic E-state index is 13.2. The van der Waals surface area contributed by atoms with Crippen LogP contribution in [0.3, 0.4) is 0 Å². The monoisotopic (exact) mass is 515 g/mol. The van der Waals surface area contributed by atoms with Crippen LogP contribution in [0, 0.1) is 6.92 Å². The van der Waals surface area contributed by atoms with Crippen molar-refractivity contribution < 1.29 is 22.8 Å². The summed E-state index contributed by atoms with van der Waals surface area (Å²) in [5, 5.41) is 2.91. The van der Waals surface area contributed by atoms with Crippen LogP contribution in [0.25, 0.3) is 11.1 Å². The van der Waals surface area contributed by atoms with Gasteiger partial charge < -0.3 is 10.2 Å². The Labute approximate surface area is 218 Å². The molecule has 0 aliphatic carbocycles. The molecule has 0 atom stereocenters. The number of benzene rings is 3. The van der Waals surface area contributed by atoms with Gasteiger partial charge >= 0.3 is 6.18 Å². The molecule has 8 heteroatoms. The average molecular weight is 516 g/mol. The number of rotatable bonds is 4. The molecule has 5 rings (SSSR count). The number of halogens is 3. The number of anilines is 1. The number of aromatic nitrogens is 1. The minimum atomic E-state index is -4.43. The maximum absolute atomic E-state index is 13.2. The lowest BCUT2D eigenvalue weighted by Gasteiger charge is -2.29. The Hall–Kier alpha value is -4.46. The predicted molar refractivity (Wildman–Crippen MR) is 139 cm³/mol. The average Bonchev–Trinajstić information content (AvgIpc) is 2.92. The van der Waals surface area contributed by atoms with Gasteiger partial charge in [0, 0.05) is 30.0 Å². The Balaban J connectivity index is 1.31. The summed E-state index contributed by atoms with van der Waals surface area (Å²) in [5.74, 6) is -0.477. The van der Waals surface area contributed by atoms with E-state index in [1.807, 2.05) is 31.2 Å². The quantitative estimate of drug-likeness (QED) is 0.336. The van der Waals surface area contributed by atoms with Gasteiger partial charge in [-0.05, 0) is 78.1 Å². The molecule has 1 aliphatic rings. The van der Waals surface area contributed by atoms with Crippen LogP contribution in [-0.2, 0) is 19.1 Å². The van der Waals surface area contributed by atoms with E-state index in [2.05, 4.69) is 10.3 Å². The molecule has 5 nitrogen and oxygen atoms in total. The molecule has 3 aromatic carbocycles. The number of alkyl halides is 3. The molecule has 0 fully saturated rings. The molecular weight excluding hydrogens is 491 g/mol. The van der Waals surface area contributed by atoms with Gasteiger partial charge in [-0.2, -0.15) is 13.2 Å². The third-order valence-electron chi connectivity index (χ3n) is 6.57. The molecule has 0 spiro atoms. The zero-order valence-corrected chi connectivity index (χ0v) is 20.5. The first-order chi connectivity index (χ1) is 18.2. The zero-order chi connectivity index (χ0) is 26.9. The topological polar surface area (TPSA) is 62.3 Å². The highest BCUT2D eigenvalue weighted by Gasteiger charge is 2.30. The molecule has 4 aromatic rings. The molecule has 0 saturated carbocycles. The minimum Gasteiger partial charge on any atom is -0.333 e. The fraction of sp³-hybridized carbons (Fsp3) is 0.167. The van der Waals surface area contributed by atoms with E-state index in [4.69, 9.17) is 0 Å². The first-order valence-electron chi connectivity index (χ1n) is 12.1. The van der Waals surface area contributed by atoms with Crippen molar-refractivity contribution >= 4 is 17.5 Å². The third-order valence-corrected chi connectivity index (χ3v) is 6.57. The van der Waals surface area contributed by atoms with Crippen LogP contribution < -0.4 is 5.32 Å². The van der Waals surface area contributed by atoms with E-state index >= 15 is 0 Å². The smallest absolute Gasteiger partial charge is 0.333 e. The first kappa shape index (κ1) is 25.2. The molecule has 1 N–H and O–H groups in total. The second kappa shape index (κ2) is 10.1. The van der Waals surface area contributed by atoms with Gasteiger partial charge in [-0.3, -0.25) is 9.59 Å². The van der Waals surface area contributed by atoms with Crippen LogP contribution >= 0.6 is 0 Å². The molecule has 0 unspecified atom stereocenters. The van der Waals surface area contributed by atoms with Crippen molar-refractivity contribution in [1.29, 1.82) is 0 Å². The van der Waals surface area contributed by atoms with Crippen LogP contribution in [-0.4, -0.2) is 28.2 Å². The summed E-state index contributed by atoms with van der Waals surface area (Å²) < 4.78 is 38.9. The summed E-state index contributed by atoms with van der Waals surface area (Å²) in [6.07, 6.45) is -3.79. The zero-order valence-electron chi connectivity index (χ0n) is 20.5. The Morgan fingerprint density at radius 3 is 2.39 bits per heavy atom. The van der Waals surface area contributed by atoms with Gasteiger partial charge in [-0.25, -0.2) is 4.98 Å². The summed E-state index contributed by atoms with van der Waals surface area (Å²) in [6.45, 7) is 2.84. The van der Waals surface area contributed by atoms with Crippen molar-refractivity contribution in [2.24, 2.45) is 0 Å². The molecular formula is C30H24F3N3O2. The molecule has 2 heterocycles. The summed E-state index contributed by atoms with van der Waals surface area (Å²) in [7, 11) is 0. The summed E-state index contributed by atoms with van der Waals surface area (Å²) >= 11 is 0. The number of carbonyl (C=O) groups excluding carboxylic acids is 2. The van der Waals surface area contributed by atoms with Crippen LogP contribution in [0.15, 0.2) is 84.9 Å². The third kappa shape index (κ3) is 5.29. The lowest BCUT2D eigenvalue weighted by Crippen LogP contribution is -2.36. The van der Waals surface area contributed by atoms with Gasteiger partial charge in [-0.1, -0.05) is 42.5 Å². The number of hydrogen-bond acceptors (Lipinski definition) is 3. The number of nitrogens with one attached hydrogen (secondary N) is 1. The summed E-state index contributed by atoms with van der Waals surface area (Å²) in [6, 6.07) is 22.5. The number of hydrogen-bond donors (Lipinski definition) is 1. The van der Waals surface area contributed by atoms with Gasteiger partial charge in [0.05, 0.1) is 5.56 Å². The van der Waals surface area contributed by atoms with E-state index in [9.17, 15) is 22.8 Å². The fourth-order valence-electron chi connectivity index (χ4n) is 4.60. The van der Waals surface area contributed by atoms with E-state index in [-0.39, 0.29) is 11.8 Å². The standard InChI is InChI=1S/C30H24F3N3O2/c1-19-5-4-8-27(34-19)29(38)36-16-15-21-17-24(14-11-22(21)18-36)35-28(37)26-7-3-2-6-25(26)20-9-12-23(13-10-20)30(31,32)33/h2-14,17H,15-16,18H2,1H3,(H,35,37). The second-order valence-electron chi connectivity index (χ2n) is 9.20. The van der Waals surface area contributed by atoms with Gasteiger partial charge in [0.15, 0.2) is 0 Å². The van der Waals surface area contributed by atoms with E-state index in [1.165, 1.54) is 12.1 Å². The Morgan fingerprint density at radius 1 is 0.895 bits per heavy atom. The van der Waals surface area contributed by atoms with Crippen molar-refractivity contribution in [3.05, 3.63) is 119 Å². The number of aryl methyl sites for hydroxylation is 1. The van der Waals surface area contributed by atoms with Gasteiger partial charge in [0.25, 0.3) is 11.8 Å². The van der Waals surface area contributed by atoms with Crippen LogP contribution in [0.5, 0.6) is 0 Å². The van der Waals surface area contributed by atoms with Crippen LogP contribution in [0.1, 0.15) is 43.2 Å². The van der Waals surface area contributed by atoms with E-state index in [0.717, 1.165) is 29.0 Å². The van der Waals surface area contributed by atoms with Crippen LogP contribution in [0.4, 0.5) is 18.9 Å². The van der Waals surface area contributed by atoms with E-state index in [0.29, 0.717) is 47.6 Å². The normalized spacial score (nSPS) is 13.1. The van der Waals surface area contributed by atoms with Crippen molar-refractivity contribution in [2.75, 3.05) is 11.9 Å². The molecule has 2 amide bonds. The lowest BCUT2D eigenvalue weighted by atomic mass is 9.97. The SMILES string of the molecule is Cc1cccc(C(=O)N2CCc3cc(NC(=O)c4ccccc4-c4ccc(C(F)(F)F)cc4)ccc3C2)n1. The van der Waals surface area contributed by atoms with Gasteiger partial charge in [-0.15, -0.1) is 0 Å². The van der Waals surface area contributed by atoms with Crippen molar-refractivity contribution in [2.45, 2.75) is 26.1 Å². The Kier molecular flexibility index (Phi) is 6.72. The molecule has 38 heavy (non-hydrogen) atoms. The Bertz CT molecular complexity index is 1510. The first-order valence-corrected chi connectivity index (χ1v) is 12.1. The van der Waals surface area contributed by atoms with Gasteiger partial charge in [0.1, 0.15) is 5.69 Å². The van der Waals surface area contributed by atoms with Gasteiger partial charge in [0.2, 0.25) is 0 Å².